The molecule has 0 unspecified atom stereocenters. The lowest BCUT2D eigenvalue weighted by Gasteiger charge is -2.24. The topological polar surface area (TPSA) is 23.8 Å². The smallest absolute Gasteiger partial charge is 0.308 e. The van der Waals surface area contributed by atoms with Crippen LogP contribution in [-0.2, 0) is 0 Å². The molecule has 0 bridgehead atoms. The normalized spacial score (nSPS) is 9.80. The first-order valence-corrected chi connectivity index (χ1v) is 3.52. The van der Waals surface area contributed by atoms with E-state index in [-0.39, 0.29) is 17.0 Å². The van der Waals surface area contributed by atoms with Crippen LogP contribution >= 0.6 is 0 Å². The first kappa shape index (κ1) is 12.6. The Labute approximate surface area is 73.8 Å². The maximum absolute atomic E-state index is 8.70. The quantitative estimate of drug-likeness (QED) is 0.402. The van der Waals surface area contributed by atoms with Gasteiger partial charge < -0.3 is 17.0 Å². The van der Waals surface area contributed by atoms with Crippen LogP contribution in [0.15, 0.2) is 0 Å². The molecule has 0 saturated carbocycles. The maximum Gasteiger partial charge on any atom is 0.308 e. The molecule has 3 heteroatoms. The Morgan fingerprint density at radius 2 is 1.40 bits per heavy atom. The summed E-state index contributed by atoms with van der Waals surface area (Å²) < 4.78 is 0.583. The molecule has 0 radical (unpaired) electrons. The van der Waals surface area contributed by atoms with Gasteiger partial charge in [-0.1, -0.05) is 0 Å². The van der Waals surface area contributed by atoms with Crippen LogP contribution in [0.5, 0.6) is 0 Å². The average Bonchev–Trinajstić information content (AvgIpc) is 1.95. The van der Waals surface area contributed by atoms with Gasteiger partial charge in [0, 0.05) is 0 Å². The third kappa shape index (κ3) is 2.68. The van der Waals surface area contributed by atoms with Gasteiger partial charge in [-0.15, -0.1) is 5.26 Å². The van der Waals surface area contributed by atoms with Crippen molar-refractivity contribution in [3.05, 3.63) is 0 Å². The molecule has 0 aromatic heterocycles. The molecule has 0 rings (SSSR count). The Kier molecular flexibility index (Phi) is 7.17. The first-order chi connectivity index (χ1) is 4.24. The minimum absolute atomic E-state index is 0. The third-order valence-electron chi connectivity index (χ3n) is 2.03. The van der Waals surface area contributed by atoms with Crippen molar-refractivity contribution in [1.29, 1.82) is 5.26 Å². The lowest BCUT2D eigenvalue weighted by Crippen LogP contribution is -3.00. The summed E-state index contributed by atoms with van der Waals surface area (Å²) in [7, 11) is 0. The zero-order valence-corrected chi connectivity index (χ0v) is 8.48. The molecule has 0 amide bonds. The van der Waals surface area contributed by atoms with Crippen LogP contribution in [0.25, 0.3) is 0 Å². The van der Waals surface area contributed by atoms with E-state index in [1.807, 2.05) is 0 Å². The van der Waals surface area contributed by atoms with Gasteiger partial charge in [-0.3, -0.25) is 0 Å². The van der Waals surface area contributed by atoms with Crippen molar-refractivity contribution in [2.75, 3.05) is 19.6 Å². The van der Waals surface area contributed by atoms with E-state index >= 15 is 0 Å². The van der Waals surface area contributed by atoms with Crippen LogP contribution in [0.1, 0.15) is 20.8 Å². The number of rotatable bonds is 3. The molecule has 0 aromatic rings. The van der Waals surface area contributed by atoms with E-state index in [1.54, 1.807) is 0 Å². The highest BCUT2D eigenvalue weighted by atomic mass is 79.9. The molecule has 2 nitrogen and oxygen atoms in total. The molecule has 0 aromatic carbocycles. The van der Waals surface area contributed by atoms with Crippen molar-refractivity contribution in [1.82, 2.24) is 0 Å². The van der Waals surface area contributed by atoms with Crippen molar-refractivity contribution >= 4 is 0 Å². The number of nitrogens with zero attached hydrogens (tertiary/aromatic N) is 2. The minimum Gasteiger partial charge on any atom is -1.00 e. The van der Waals surface area contributed by atoms with E-state index in [4.69, 9.17) is 5.26 Å². The summed E-state index contributed by atoms with van der Waals surface area (Å²) in [6, 6.07) is 0. The molecular weight excluding hydrogens is 192 g/mol. The second-order valence-corrected chi connectivity index (χ2v) is 2.19. The zero-order valence-electron chi connectivity index (χ0n) is 6.89. The monoisotopic (exact) mass is 206 g/mol. The fraction of sp³-hybridized carbons (Fsp3) is 0.857. The van der Waals surface area contributed by atoms with Gasteiger partial charge in [-0.05, 0) is 20.8 Å². The molecule has 10 heavy (non-hydrogen) atoms. The highest BCUT2D eigenvalue weighted by Gasteiger charge is 2.19. The number of hydrogen-bond acceptors (Lipinski definition) is 1. The van der Waals surface area contributed by atoms with Crippen LogP contribution in [-0.4, -0.2) is 24.1 Å². The van der Waals surface area contributed by atoms with E-state index in [0.29, 0.717) is 4.48 Å². The van der Waals surface area contributed by atoms with Crippen LogP contribution in [0.4, 0.5) is 0 Å². The highest BCUT2D eigenvalue weighted by Crippen LogP contribution is 2.01. The molecule has 0 saturated heterocycles. The van der Waals surface area contributed by atoms with Gasteiger partial charge in [0.1, 0.15) is 0 Å². The summed E-state index contributed by atoms with van der Waals surface area (Å²) in [5, 5.41) is 8.70. The van der Waals surface area contributed by atoms with Gasteiger partial charge in [0.2, 0.25) is 0 Å². The van der Waals surface area contributed by atoms with Gasteiger partial charge in [0.15, 0.2) is 0 Å². The molecule has 0 aliphatic heterocycles. The molecule has 0 aliphatic rings. The SMILES string of the molecule is CC[N+](C#N)(CC)CC.[Br-]. The van der Waals surface area contributed by atoms with E-state index in [9.17, 15) is 0 Å². The van der Waals surface area contributed by atoms with E-state index in [0.717, 1.165) is 19.6 Å². The third-order valence-corrected chi connectivity index (χ3v) is 2.03. The molecule has 0 heterocycles. The highest BCUT2D eigenvalue weighted by molar-refractivity contribution is 4.53. The molecule has 0 N–H and O–H groups in total. The molecule has 60 valence electrons. The summed E-state index contributed by atoms with van der Waals surface area (Å²) in [6.45, 7) is 8.92. The minimum atomic E-state index is 0. The van der Waals surface area contributed by atoms with Crippen LogP contribution < -0.4 is 17.0 Å². The van der Waals surface area contributed by atoms with Gasteiger partial charge >= 0.3 is 6.19 Å². The van der Waals surface area contributed by atoms with Crippen molar-refractivity contribution in [3.63, 3.8) is 0 Å². The number of hydrogen-bond donors (Lipinski definition) is 0. The second kappa shape index (κ2) is 5.70. The van der Waals surface area contributed by atoms with Crippen LogP contribution in [0.3, 0.4) is 0 Å². The lowest BCUT2D eigenvalue weighted by molar-refractivity contribution is -0.860. The largest absolute Gasteiger partial charge is 1.00 e. The van der Waals surface area contributed by atoms with Crippen molar-refractivity contribution in [2.24, 2.45) is 0 Å². The summed E-state index contributed by atoms with van der Waals surface area (Å²) in [5.41, 5.74) is 0. The number of halogens is 1. The van der Waals surface area contributed by atoms with Crippen LogP contribution in [0, 0.1) is 11.5 Å². The molecule has 0 aliphatic carbocycles. The van der Waals surface area contributed by atoms with Gasteiger partial charge in [-0.2, -0.15) is 0 Å². The average molecular weight is 207 g/mol. The number of quaternary nitrogens is 1. The van der Waals surface area contributed by atoms with Gasteiger partial charge in [-0.25, -0.2) is 4.48 Å². The van der Waals surface area contributed by atoms with Crippen molar-refractivity contribution in [3.8, 4) is 6.19 Å². The Morgan fingerprint density at radius 1 is 1.10 bits per heavy atom. The predicted molar refractivity (Wildman–Crippen MR) is 37.5 cm³/mol. The summed E-state index contributed by atoms with van der Waals surface area (Å²) in [5.74, 6) is 0. The standard InChI is InChI=1S/C7H15N2.BrH/c1-4-9(5-2,6-3)7-8;/h4-6H2,1-3H3;1H/q+1;/p-1. The van der Waals surface area contributed by atoms with Gasteiger partial charge in [0.05, 0.1) is 19.6 Å². The zero-order chi connectivity index (χ0) is 7.33. The van der Waals surface area contributed by atoms with E-state index < -0.39 is 0 Å². The maximum atomic E-state index is 8.70. The van der Waals surface area contributed by atoms with E-state index in [2.05, 4.69) is 27.0 Å². The Balaban J connectivity index is 0. The molecule has 0 atom stereocenters. The predicted octanol–water partition coefficient (Wildman–Crippen LogP) is -1.65. The fourth-order valence-corrected chi connectivity index (χ4v) is 0.883. The fourth-order valence-electron chi connectivity index (χ4n) is 0.883. The Bertz CT molecular complexity index is 105. The molecular formula is C7H15BrN2. The Morgan fingerprint density at radius 3 is 1.40 bits per heavy atom. The van der Waals surface area contributed by atoms with Crippen LogP contribution in [0.2, 0.25) is 0 Å². The van der Waals surface area contributed by atoms with Crippen molar-refractivity contribution in [2.45, 2.75) is 20.8 Å². The number of nitriles is 1. The van der Waals surface area contributed by atoms with Gasteiger partial charge in [0.25, 0.3) is 0 Å². The Hall–Kier alpha value is -0.0700. The lowest BCUT2D eigenvalue weighted by atomic mass is 10.4. The van der Waals surface area contributed by atoms with E-state index in [1.165, 1.54) is 0 Å². The first-order valence-electron chi connectivity index (χ1n) is 3.52. The summed E-state index contributed by atoms with van der Waals surface area (Å²) >= 11 is 0. The molecule has 0 spiro atoms. The second-order valence-electron chi connectivity index (χ2n) is 2.19. The molecule has 0 fully saturated rings. The summed E-state index contributed by atoms with van der Waals surface area (Å²) in [6.07, 6.45) is 2.30. The van der Waals surface area contributed by atoms with Crippen molar-refractivity contribution < 1.29 is 21.5 Å². The summed E-state index contributed by atoms with van der Waals surface area (Å²) in [4.78, 5) is 0.